The van der Waals surface area contributed by atoms with Gasteiger partial charge < -0.3 is 0 Å². The highest BCUT2D eigenvalue weighted by atomic mass is 35.5. The minimum atomic E-state index is 0.0142. The Morgan fingerprint density at radius 1 is 0.944 bits per heavy atom. The number of Topliss-reactive ketones (excluding diaryl/α,β-unsaturated/α-hetero) is 1. The molecule has 0 fully saturated rings. The van der Waals surface area contributed by atoms with E-state index in [4.69, 9.17) is 11.6 Å². The van der Waals surface area contributed by atoms with Crippen molar-refractivity contribution >= 4 is 23.0 Å². The van der Waals surface area contributed by atoms with Gasteiger partial charge in [-0.3, -0.25) is 4.79 Å². The number of hydrogen-bond donors (Lipinski definition) is 0. The molecule has 0 radical (unpaired) electrons. The van der Waals surface area contributed by atoms with Gasteiger partial charge in [-0.2, -0.15) is 0 Å². The molecule has 0 N–H and O–H groups in total. The first-order chi connectivity index (χ1) is 8.72. The molecule has 18 heavy (non-hydrogen) atoms. The highest BCUT2D eigenvalue weighted by Gasteiger charge is 2.12. The van der Waals surface area contributed by atoms with Gasteiger partial charge in [0.2, 0.25) is 0 Å². The molecule has 2 aromatic carbocycles. The molecule has 0 atom stereocenters. The van der Waals surface area contributed by atoms with Crippen LogP contribution in [0.3, 0.4) is 0 Å². The van der Waals surface area contributed by atoms with Crippen LogP contribution in [0.15, 0.2) is 60.7 Å². The van der Waals surface area contributed by atoms with Gasteiger partial charge in [-0.15, -0.1) is 0 Å². The van der Waals surface area contributed by atoms with Crippen molar-refractivity contribution in [2.45, 2.75) is 6.92 Å². The molecule has 2 aromatic rings. The largest absolute Gasteiger partial charge is 0.289 e. The van der Waals surface area contributed by atoms with E-state index in [-0.39, 0.29) is 5.78 Å². The minimum absolute atomic E-state index is 0.0142. The van der Waals surface area contributed by atoms with Crippen molar-refractivity contribution in [2.75, 3.05) is 0 Å². The third-order valence-corrected chi connectivity index (χ3v) is 2.98. The normalized spacial score (nSPS) is 11.3. The SMILES string of the molecule is CC=C(C(=O)c1ccc(Cl)cc1)c1ccccc1. The second-order valence-corrected chi connectivity index (χ2v) is 4.34. The van der Waals surface area contributed by atoms with Crippen LogP contribution in [0.1, 0.15) is 22.8 Å². The summed E-state index contributed by atoms with van der Waals surface area (Å²) < 4.78 is 0. The van der Waals surface area contributed by atoms with E-state index in [9.17, 15) is 4.79 Å². The number of ketones is 1. The lowest BCUT2D eigenvalue weighted by atomic mass is 9.97. The van der Waals surface area contributed by atoms with E-state index < -0.39 is 0 Å². The molecule has 0 saturated carbocycles. The van der Waals surface area contributed by atoms with Crippen molar-refractivity contribution in [2.24, 2.45) is 0 Å². The van der Waals surface area contributed by atoms with Gasteiger partial charge in [-0.05, 0) is 36.8 Å². The third kappa shape index (κ3) is 2.69. The topological polar surface area (TPSA) is 17.1 Å². The summed E-state index contributed by atoms with van der Waals surface area (Å²) in [6.07, 6.45) is 1.84. The number of rotatable bonds is 3. The summed E-state index contributed by atoms with van der Waals surface area (Å²) in [5, 5.41) is 0.633. The number of carbonyl (C=O) groups excluding carboxylic acids is 1. The summed E-state index contributed by atoms with van der Waals surface area (Å²) in [5.41, 5.74) is 2.29. The molecule has 0 amide bonds. The molecule has 0 saturated heterocycles. The lowest BCUT2D eigenvalue weighted by molar-refractivity contribution is 0.105. The number of allylic oxidation sites excluding steroid dienone is 2. The maximum absolute atomic E-state index is 12.4. The highest BCUT2D eigenvalue weighted by Crippen LogP contribution is 2.20. The second-order valence-electron chi connectivity index (χ2n) is 3.90. The van der Waals surface area contributed by atoms with Gasteiger partial charge in [-0.1, -0.05) is 48.0 Å². The molecule has 1 nitrogen and oxygen atoms in total. The summed E-state index contributed by atoms with van der Waals surface area (Å²) >= 11 is 5.82. The standard InChI is InChI=1S/C16H13ClO/c1-2-15(12-6-4-3-5-7-12)16(18)13-8-10-14(17)11-9-13/h2-11H,1H3. The first-order valence-corrected chi connectivity index (χ1v) is 6.12. The van der Waals surface area contributed by atoms with E-state index in [1.54, 1.807) is 24.3 Å². The van der Waals surface area contributed by atoms with Crippen molar-refractivity contribution in [1.82, 2.24) is 0 Å². The maximum atomic E-state index is 12.4. The van der Waals surface area contributed by atoms with E-state index in [0.717, 1.165) is 5.56 Å². The van der Waals surface area contributed by atoms with Gasteiger partial charge >= 0.3 is 0 Å². The van der Waals surface area contributed by atoms with E-state index >= 15 is 0 Å². The summed E-state index contributed by atoms with van der Waals surface area (Å²) in [7, 11) is 0. The molecule has 0 unspecified atom stereocenters. The Bertz CT molecular complexity index is 568. The quantitative estimate of drug-likeness (QED) is 0.578. The molecule has 0 aliphatic rings. The molecule has 90 valence electrons. The van der Waals surface area contributed by atoms with Crippen LogP contribution in [0.5, 0.6) is 0 Å². The van der Waals surface area contributed by atoms with Crippen LogP contribution < -0.4 is 0 Å². The van der Waals surface area contributed by atoms with Crippen LogP contribution in [0.4, 0.5) is 0 Å². The van der Waals surface area contributed by atoms with Gasteiger partial charge in [0.15, 0.2) is 5.78 Å². The van der Waals surface area contributed by atoms with Gasteiger partial charge in [0.1, 0.15) is 0 Å². The number of benzene rings is 2. The Morgan fingerprint density at radius 3 is 2.11 bits per heavy atom. The summed E-state index contributed by atoms with van der Waals surface area (Å²) in [6.45, 7) is 1.87. The Hall–Kier alpha value is -1.86. The molecular weight excluding hydrogens is 244 g/mol. The zero-order valence-electron chi connectivity index (χ0n) is 10.1. The van der Waals surface area contributed by atoms with Crippen LogP contribution in [0.25, 0.3) is 5.57 Å². The van der Waals surface area contributed by atoms with Crippen LogP contribution in [0.2, 0.25) is 5.02 Å². The fraction of sp³-hybridized carbons (Fsp3) is 0.0625. The molecule has 0 spiro atoms. The molecule has 0 heterocycles. The van der Waals surface area contributed by atoms with Crippen molar-refractivity contribution in [3.05, 3.63) is 76.8 Å². The van der Waals surface area contributed by atoms with Crippen molar-refractivity contribution in [3.63, 3.8) is 0 Å². The summed E-state index contributed by atoms with van der Waals surface area (Å²) in [6, 6.07) is 16.6. The fourth-order valence-electron chi connectivity index (χ4n) is 1.80. The van der Waals surface area contributed by atoms with Crippen LogP contribution >= 0.6 is 11.6 Å². The molecule has 2 rings (SSSR count). The molecule has 2 heteroatoms. The van der Waals surface area contributed by atoms with Gasteiger partial charge in [-0.25, -0.2) is 0 Å². The second kappa shape index (κ2) is 5.65. The maximum Gasteiger partial charge on any atom is 0.193 e. The average molecular weight is 257 g/mol. The first kappa shape index (κ1) is 12.6. The van der Waals surface area contributed by atoms with Crippen LogP contribution in [-0.4, -0.2) is 5.78 Å². The molecule has 0 bridgehead atoms. The average Bonchev–Trinajstić information content (AvgIpc) is 2.41. The minimum Gasteiger partial charge on any atom is -0.289 e. The van der Waals surface area contributed by atoms with Gasteiger partial charge in [0.25, 0.3) is 0 Å². The van der Waals surface area contributed by atoms with E-state index in [1.807, 2.05) is 43.3 Å². The molecule has 0 aliphatic carbocycles. The third-order valence-electron chi connectivity index (χ3n) is 2.72. The Labute approximate surface area is 112 Å². The number of carbonyl (C=O) groups is 1. The molecule has 0 aromatic heterocycles. The Morgan fingerprint density at radius 2 is 1.56 bits per heavy atom. The Kier molecular flexibility index (Phi) is 3.96. The van der Waals surface area contributed by atoms with Gasteiger partial charge in [0, 0.05) is 16.2 Å². The highest BCUT2D eigenvalue weighted by molar-refractivity contribution is 6.31. The molecular formula is C16H13ClO. The first-order valence-electron chi connectivity index (χ1n) is 5.74. The number of hydrogen-bond acceptors (Lipinski definition) is 1. The lowest BCUT2D eigenvalue weighted by Gasteiger charge is -2.06. The zero-order valence-corrected chi connectivity index (χ0v) is 10.8. The summed E-state index contributed by atoms with van der Waals surface area (Å²) in [5.74, 6) is 0.0142. The van der Waals surface area contributed by atoms with Crippen molar-refractivity contribution in [1.29, 1.82) is 0 Å². The van der Waals surface area contributed by atoms with E-state index in [2.05, 4.69) is 0 Å². The lowest BCUT2D eigenvalue weighted by Crippen LogP contribution is -2.02. The van der Waals surface area contributed by atoms with Crippen LogP contribution in [0, 0.1) is 0 Å². The monoisotopic (exact) mass is 256 g/mol. The van der Waals surface area contributed by atoms with Gasteiger partial charge in [0.05, 0.1) is 0 Å². The smallest absolute Gasteiger partial charge is 0.193 e. The molecule has 0 aliphatic heterocycles. The predicted molar refractivity (Wildman–Crippen MR) is 75.9 cm³/mol. The van der Waals surface area contributed by atoms with E-state index in [0.29, 0.717) is 16.2 Å². The van der Waals surface area contributed by atoms with Crippen molar-refractivity contribution < 1.29 is 4.79 Å². The van der Waals surface area contributed by atoms with E-state index in [1.165, 1.54) is 0 Å². The number of halogens is 1. The van der Waals surface area contributed by atoms with Crippen molar-refractivity contribution in [3.8, 4) is 0 Å². The summed E-state index contributed by atoms with van der Waals surface area (Å²) in [4.78, 5) is 12.4. The fourth-order valence-corrected chi connectivity index (χ4v) is 1.93. The zero-order chi connectivity index (χ0) is 13.0. The Balaban J connectivity index is 2.35. The van der Waals surface area contributed by atoms with Crippen LogP contribution in [-0.2, 0) is 0 Å². The predicted octanol–water partition coefficient (Wildman–Crippen LogP) is 4.63.